The maximum absolute atomic E-state index is 6.04. The van der Waals surface area contributed by atoms with E-state index in [0.717, 1.165) is 16.7 Å². The number of rotatable bonds is 3. The molecule has 0 aliphatic heterocycles. The Labute approximate surface area is 105 Å². The molecule has 1 atom stereocenters. The number of nitrogens with zero attached hydrogens (tertiary/aromatic N) is 2. The minimum Gasteiger partial charge on any atom is -0.271 e. The molecule has 3 N–H and O–H groups in total. The minimum atomic E-state index is -0.159. The third kappa shape index (κ3) is 2.79. The van der Waals surface area contributed by atoms with Gasteiger partial charge in [-0.05, 0) is 30.2 Å². The van der Waals surface area contributed by atoms with Gasteiger partial charge in [0.2, 0.25) is 0 Å². The number of benzene rings is 1. The molecule has 1 heterocycles. The lowest BCUT2D eigenvalue weighted by Gasteiger charge is -2.16. The van der Waals surface area contributed by atoms with E-state index in [9.17, 15) is 0 Å². The summed E-state index contributed by atoms with van der Waals surface area (Å²) in [6.07, 6.45) is 4.95. The molecule has 0 saturated carbocycles. The second-order valence-corrected chi connectivity index (χ2v) is 4.27. The summed E-state index contributed by atoms with van der Waals surface area (Å²) >= 11 is 6.04. The summed E-state index contributed by atoms with van der Waals surface area (Å²) in [5.41, 5.74) is 5.73. The molecular formula is C12H13ClN4. The first kappa shape index (κ1) is 12.0. The van der Waals surface area contributed by atoms with Crippen LogP contribution >= 0.6 is 11.6 Å². The van der Waals surface area contributed by atoms with Gasteiger partial charge in [-0.25, -0.2) is 15.4 Å². The van der Waals surface area contributed by atoms with Crippen LogP contribution in [0.25, 0.3) is 0 Å². The molecule has 0 spiro atoms. The summed E-state index contributed by atoms with van der Waals surface area (Å²) < 4.78 is 0. The number of aryl methyl sites for hydroxylation is 1. The molecule has 5 heteroatoms. The van der Waals surface area contributed by atoms with Crippen LogP contribution in [-0.4, -0.2) is 9.97 Å². The minimum absolute atomic E-state index is 0.159. The number of hydrogen-bond donors (Lipinski definition) is 2. The number of nitrogens with two attached hydrogens (primary N) is 1. The molecule has 1 aromatic heterocycles. The number of hydrogen-bond acceptors (Lipinski definition) is 4. The van der Waals surface area contributed by atoms with Crippen molar-refractivity contribution in [1.82, 2.24) is 15.4 Å². The zero-order valence-corrected chi connectivity index (χ0v) is 10.1. The van der Waals surface area contributed by atoms with Crippen LogP contribution in [-0.2, 0) is 0 Å². The van der Waals surface area contributed by atoms with Crippen molar-refractivity contribution >= 4 is 11.6 Å². The van der Waals surface area contributed by atoms with E-state index in [0.29, 0.717) is 5.02 Å². The maximum atomic E-state index is 6.04. The molecule has 0 bridgehead atoms. The summed E-state index contributed by atoms with van der Waals surface area (Å²) in [7, 11) is 0. The zero-order chi connectivity index (χ0) is 12.3. The van der Waals surface area contributed by atoms with Crippen molar-refractivity contribution in [2.24, 2.45) is 5.84 Å². The molecule has 0 aliphatic carbocycles. The zero-order valence-electron chi connectivity index (χ0n) is 9.39. The first-order valence-electron chi connectivity index (χ1n) is 5.19. The number of nitrogens with one attached hydrogen (secondary N) is 1. The van der Waals surface area contributed by atoms with E-state index in [1.54, 1.807) is 12.4 Å². The molecule has 88 valence electrons. The van der Waals surface area contributed by atoms with Crippen LogP contribution in [0.5, 0.6) is 0 Å². The second kappa shape index (κ2) is 5.23. The van der Waals surface area contributed by atoms with E-state index in [2.05, 4.69) is 15.4 Å². The molecule has 2 aromatic rings. The molecule has 1 unspecified atom stereocenters. The fourth-order valence-electron chi connectivity index (χ4n) is 1.78. The first-order chi connectivity index (χ1) is 8.20. The monoisotopic (exact) mass is 248 g/mol. The van der Waals surface area contributed by atoms with E-state index < -0.39 is 0 Å². The lowest BCUT2D eigenvalue weighted by molar-refractivity contribution is 0.631. The lowest BCUT2D eigenvalue weighted by atomic mass is 10.0. The quantitative estimate of drug-likeness (QED) is 0.644. The Bertz CT molecular complexity index is 481. The Morgan fingerprint density at radius 2 is 1.88 bits per heavy atom. The van der Waals surface area contributed by atoms with Gasteiger partial charge in [0.25, 0.3) is 0 Å². The topological polar surface area (TPSA) is 63.8 Å². The lowest BCUT2D eigenvalue weighted by Crippen LogP contribution is -2.29. The number of halogens is 1. The molecule has 0 fully saturated rings. The highest BCUT2D eigenvalue weighted by molar-refractivity contribution is 6.30. The number of hydrazine groups is 1. The predicted molar refractivity (Wildman–Crippen MR) is 67.4 cm³/mol. The fraction of sp³-hybridized carbons (Fsp3) is 0.167. The Morgan fingerprint density at radius 1 is 1.18 bits per heavy atom. The Kier molecular flexibility index (Phi) is 3.68. The summed E-state index contributed by atoms with van der Waals surface area (Å²) in [6.45, 7) is 1.99. The van der Waals surface area contributed by atoms with Crippen LogP contribution in [0.3, 0.4) is 0 Å². The van der Waals surface area contributed by atoms with Gasteiger partial charge >= 0.3 is 0 Å². The highest BCUT2D eigenvalue weighted by atomic mass is 35.5. The summed E-state index contributed by atoms with van der Waals surface area (Å²) in [4.78, 5) is 7.97. The van der Waals surface area contributed by atoms with Gasteiger partial charge in [-0.3, -0.25) is 5.84 Å². The van der Waals surface area contributed by atoms with Crippen LogP contribution in [0.2, 0.25) is 5.02 Å². The SMILES string of the molecule is Cc1cc(Cl)cc(C(NN)c2cncnc2)c1. The van der Waals surface area contributed by atoms with Crippen LogP contribution in [0.4, 0.5) is 0 Å². The van der Waals surface area contributed by atoms with Gasteiger partial charge in [-0.2, -0.15) is 0 Å². The van der Waals surface area contributed by atoms with Gasteiger partial charge in [-0.15, -0.1) is 0 Å². The molecule has 4 nitrogen and oxygen atoms in total. The van der Waals surface area contributed by atoms with E-state index in [1.807, 2.05) is 25.1 Å². The Balaban J connectivity index is 2.42. The van der Waals surface area contributed by atoms with Crippen molar-refractivity contribution < 1.29 is 0 Å². The van der Waals surface area contributed by atoms with Crippen molar-refractivity contribution in [1.29, 1.82) is 0 Å². The van der Waals surface area contributed by atoms with E-state index in [4.69, 9.17) is 17.4 Å². The van der Waals surface area contributed by atoms with Crippen molar-refractivity contribution in [3.63, 3.8) is 0 Å². The van der Waals surface area contributed by atoms with Crippen molar-refractivity contribution in [2.75, 3.05) is 0 Å². The first-order valence-corrected chi connectivity index (χ1v) is 5.56. The molecule has 1 aromatic carbocycles. The average Bonchev–Trinajstić information content (AvgIpc) is 2.30. The van der Waals surface area contributed by atoms with Crippen LogP contribution < -0.4 is 11.3 Å². The highest BCUT2D eigenvalue weighted by Crippen LogP contribution is 2.24. The van der Waals surface area contributed by atoms with Crippen LogP contribution in [0.15, 0.2) is 36.9 Å². The third-order valence-corrected chi connectivity index (χ3v) is 2.70. The second-order valence-electron chi connectivity index (χ2n) is 3.83. The highest BCUT2D eigenvalue weighted by Gasteiger charge is 2.13. The smallest absolute Gasteiger partial charge is 0.115 e. The van der Waals surface area contributed by atoms with Crippen LogP contribution in [0, 0.1) is 6.92 Å². The molecule has 0 amide bonds. The summed E-state index contributed by atoms with van der Waals surface area (Å²) in [5.74, 6) is 5.59. The third-order valence-electron chi connectivity index (χ3n) is 2.48. The summed E-state index contributed by atoms with van der Waals surface area (Å²) in [6, 6.07) is 5.66. The van der Waals surface area contributed by atoms with Gasteiger partial charge in [0.1, 0.15) is 6.33 Å². The molecule has 17 heavy (non-hydrogen) atoms. The van der Waals surface area contributed by atoms with Crippen molar-refractivity contribution in [3.8, 4) is 0 Å². The van der Waals surface area contributed by atoms with Gasteiger partial charge in [0, 0.05) is 23.0 Å². The average molecular weight is 249 g/mol. The Hall–Kier alpha value is -1.49. The van der Waals surface area contributed by atoms with Gasteiger partial charge < -0.3 is 0 Å². The normalized spacial score (nSPS) is 12.4. The molecule has 0 aliphatic rings. The van der Waals surface area contributed by atoms with Crippen molar-refractivity contribution in [3.05, 3.63) is 58.6 Å². The van der Waals surface area contributed by atoms with Gasteiger partial charge in [0.15, 0.2) is 0 Å². The summed E-state index contributed by atoms with van der Waals surface area (Å²) in [5, 5.41) is 0.692. The maximum Gasteiger partial charge on any atom is 0.115 e. The van der Waals surface area contributed by atoms with Gasteiger partial charge in [0.05, 0.1) is 6.04 Å². The van der Waals surface area contributed by atoms with E-state index in [1.165, 1.54) is 6.33 Å². The van der Waals surface area contributed by atoms with Crippen LogP contribution in [0.1, 0.15) is 22.7 Å². The Morgan fingerprint density at radius 3 is 2.47 bits per heavy atom. The fourth-order valence-corrected chi connectivity index (χ4v) is 2.07. The van der Waals surface area contributed by atoms with E-state index >= 15 is 0 Å². The predicted octanol–water partition coefficient (Wildman–Crippen LogP) is 1.99. The largest absolute Gasteiger partial charge is 0.271 e. The standard InChI is InChI=1S/C12H13ClN4/c1-8-2-9(4-11(13)3-8)12(17-14)10-5-15-7-16-6-10/h2-7,12,17H,14H2,1H3. The molecule has 0 saturated heterocycles. The molecule has 0 radical (unpaired) electrons. The van der Waals surface area contributed by atoms with Crippen molar-refractivity contribution in [2.45, 2.75) is 13.0 Å². The van der Waals surface area contributed by atoms with E-state index in [-0.39, 0.29) is 6.04 Å². The molecular weight excluding hydrogens is 236 g/mol. The molecule has 2 rings (SSSR count). The number of aromatic nitrogens is 2. The van der Waals surface area contributed by atoms with Gasteiger partial charge in [-0.1, -0.05) is 17.7 Å².